The highest BCUT2D eigenvalue weighted by Crippen LogP contribution is 2.22. The second-order valence-electron chi connectivity index (χ2n) is 7.22. The van der Waals surface area contributed by atoms with Crippen molar-refractivity contribution in [2.75, 3.05) is 38.7 Å². The lowest BCUT2D eigenvalue weighted by Gasteiger charge is -2.23. The summed E-state index contributed by atoms with van der Waals surface area (Å²) in [5.74, 6) is -3.31. The number of carbonyl (C=O) groups excluding carboxylic acids is 3. The maximum absolute atomic E-state index is 12.9. The van der Waals surface area contributed by atoms with E-state index in [1.807, 2.05) is 20.2 Å². The van der Waals surface area contributed by atoms with Gasteiger partial charge in [-0.2, -0.15) is 0 Å². The molecule has 0 saturated carbocycles. The number of ether oxygens (including phenoxy) is 1. The first-order chi connectivity index (χ1) is 16.1. The maximum atomic E-state index is 12.9. The standard InChI is InChI=1S/C20H23ClN2O3.C4H4O4/c1-22(2)13-14-26-19(24)11-12-23(18-10-6-9-17(21)15-18)20(25)16-7-4-3-5-8-16;5-3(6)1-2-4(7)8/h3-10,15H,11-14H2,1-2H3;1-2H,(H,5,6)(H,7,8)/b;2-1+. The third kappa shape index (κ3) is 11.8. The van der Waals surface area contributed by atoms with Crippen LogP contribution < -0.4 is 14.9 Å². The number of rotatable bonds is 10. The van der Waals surface area contributed by atoms with Gasteiger partial charge in [0.15, 0.2) is 0 Å². The number of benzene rings is 2. The molecule has 2 rings (SSSR count). The summed E-state index contributed by atoms with van der Waals surface area (Å²) in [7, 11) is 3.99. The van der Waals surface area contributed by atoms with E-state index in [1.54, 1.807) is 53.4 Å². The Morgan fingerprint density at radius 3 is 2.26 bits per heavy atom. The average Bonchev–Trinajstić information content (AvgIpc) is 2.78. The summed E-state index contributed by atoms with van der Waals surface area (Å²) < 4.78 is 5.22. The van der Waals surface area contributed by atoms with E-state index in [0.717, 1.165) is 6.54 Å². The van der Waals surface area contributed by atoms with Crippen LogP contribution >= 0.6 is 11.6 Å². The fourth-order valence-electron chi connectivity index (χ4n) is 2.51. The normalized spacial score (nSPS) is 10.4. The molecule has 10 heteroatoms. The van der Waals surface area contributed by atoms with Crippen molar-refractivity contribution in [2.24, 2.45) is 0 Å². The summed E-state index contributed by atoms with van der Waals surface area (Å²) in [5, 5.41) is 17.8. The van der Waals surface area contributed by atoms with Gasteiger partial charge in [-0.05, 0) is 36.4 Å². The van der Waals surface area contributed by atoms with Crippen LogP contribution in [0, 0.1) is 0 Å². The van der Waals surface area contributed by atoms with E-state index in [2.05, 4.69) is 0 Å². The van der Waals surface area contributed by atoms with Gasteiger partial charge in [-0.1, -0.05) is 35.9 Å². The van der Waals surface area contributed by atoms with Crippen molar-refractivity contribution in [1.29, 1.82) is 0 Å². The molecule has 2 aromatic carbocycles. The molecule has 0 fully saturated rings. The molecule has 0 bridgehead atoms. The number of carboxylic acid groups (broad SMARTS) is 2. The number of amides is 1. The van der Waals surface area contributed by atoms with E-state index in [-0.39, 0.29) is 24.8 Å². The molecule has 0 radical (unpaired) electrons. The van der Waals surface area contributed by atoms with Crippen molar-refractivity contribution < 1.29 is 39.0 Å². The van der Waals surface area contributed by atoms with Crippen LogP contribution in [-0.2, 0) is 19.1 Å². The summed E-state index contributed by atoms with van der Waals surface area (Å²) in [6.45, 7) is 1.33. The summed E-state index contributed by atoms with van der Waals surface area (Å²) in [6, 6.07) is 16.0. The van der Waals surface area contributed by atoms with Crippen molar-refractivity contribution in [3.05, 3.63) is 77.3 Å². The Kier molecular flexibility index (Phi) is 12.7. The van der Waals surface area contributed by atoms with Crippen LogP contribution in [0.1, 0.15) is 16.8 Å². The number of esters is 1. The van der Waals surface area contributed by atoms with Crippen LogP contribution in [0.2, 0.25) is 5.02 Å². The Hall–Kier alpha value is -3.69. The number of nitrogens with one attached hydrogen (secondary N) is 1. The molecule has 2 N–H and O–H groups in total. The van der Waals surface area contributed by atoms with Gasteiger partial charge in [0.05, 0.1) is 26.5 Å². The van der Waals surface area contributed by atoms with E-state index in [4.69, 9.17) is 21.4 Å². The number of hydrogen-bond acceptors (Lipinski definition) is 6. The molecule has 1 amide bonds. The van der Waals surface area contributed by atoms with Gasteiger partial charge in [-0.15, -0.1) is 0 Å². The number of hydrogen-bond donors (Lipinski definition) is 2. The molecule has 0 unspecified atom stereocenters. The van der Waals surface area contributed by atoms with E-state index in [1.165, 1.54) is 4.90 Å². The van der Waals surface area contributed by atoms with E-state index >= 15 is 0 Å². The van der Waals surface area contributed by atoms with Crippen molar-refractivity contribution in [1.82, 2.24) is 0 Å². The summed E-state index contributed by atoms with van der Waals surface area (Å²) >= 11 is 6.07. The number of carboxylic acids is 2. The number of anilines is 1. The number of likely N-dealkylation sites (N-methyl/N-ethyl adjacent to an activating group) is 1. The highest BCUT2D eigenvalue weighted by Gasteiger charge is 2.19. The predicted molar refractivity (Wildman–Crippen MR) is 125 cm³/mol. The van der Waals surface area contributed by atoms with Gasteiger partial charge >= 0.3 is 11.9 Å². The fraction of sp³-hybridized carbons (Fsp3) is 0.250. The van der Waals surface area contributed by atoms with E-state index < -0.39 is 11.9 Å². The first kappa shape index (κ1) is 28.3. The quantitative estimate of drug-likeness (QED) is 0.365. The minimum absolute atomic E-state index is 0.119. The highest BCUT2D eigenvalue weighted by molar-refractivity contribution is 6.31. The van der Waals surface area contributed by atoms with E-state index in [9.17, 15) is 24.3 Å². The topological polar surface area (TPSA) is 128 Å². The molecule has 0 aliphatic heterocycles. The van der Waals surface area contributed by atoms with Gasteiger partial charge in [-0.25, -0.2) is 4.79 Å². The Bertz CT molecular complexity index is 978. The molecule has 0 saturated heterocycles. The Morgan fingerprint density at radius 2 is 1.74 bits per heavy atom. The number of nitrogens with zero attached hydrogens (tertiary/aromatic N) is 1. The van der Waals surface area contributed by atoms with Crippen molar-refractivity contribution in [3.8, 4) is 0 Å². The predicted octanol–water partition coefficient (Wildman–Crippen LogP) is 0.442. The summed E-state index contributed by atoms with van der Waals surface area (Å²) in [6.07, 6.45) is 1.06. The van der Waals surface area contributed by atoms with Gasteiger partial charge in [0.2, 0.25) is 0 Å². The molecule has 34 heavy (non-hydrogen) atoms. The Labute approximate surface area is 202 Å². The lowest BCUT2D eigenvalue weighted by atomic mass is 10.1. The van der Waals surface area contributed by atoms with Gasteiger partial charge in [0.1, 0.15) is 13.2 Å². The van der Waals surface area contributed by atoms with Crippen LogP contribution in [0.25, 0.3) is 0 Å². The Morgan fingerprint density at radius 1 is 1.06 bits per heavy atom. The minimum Gasteiger partial charge on any atom is -0.545 e. The average molecular weight is 491 g/mol. The molecular weight excluding hydrogens is 464 g/mol. The molecule has 0 heterocycles. The second-order valence-corrected chi connectivity index (χ2v) is 7.66. The van der Waals surface area contributed by atoms with Gasteiger partial charge in [0.25, 0.3) is 5.91 Å². The zero-order chi connectivity index (χ0) is 25.5. The van der Waals surface area contributed by atoms with Crippen molar-refractivity contribution in [2.45, 2.75) is 6.42 Å². The molecule has 0 spiro atoms. The zero-order valence-corrected chi connectivity index (χ0v) is 19.7. The number of carbonyl (C=O) groups is 4. The van der Waals surface area contributed by atoms with Crippen molar-refractivity contribution in [3.63, 3.8) is 0 Å². The summed E-state index contributed by atoms with van der Waals surface area (Å²) in [4.78, 5) is 46.6. The molecule has 0 aromatic heterocycles. The summed E-state index contributed by atoms with van der Waals surface area (Å²) in [5.41, 5.74) is 1.20. The van der Waals surface area contributed by atoms with Gasteiger partial charge < -0.3 is 29.5 Å². The first-order valence-corrected chi connectivity index (χ1v) is 10.7. The smallest absolute Gasteiger partial charge is 0.328 e. The SMILES string of the molecule is C[NH+](C)CCOC(=O)CCN(C(=O)c1ccccc1)c1cccc(Cl)c1.O=C([O-])/C=C/C(=O)O. The molecular formula is C24H27ClN2O7. The number of quaternary nitrogens is 1. The first-order valence-electron chi connectivity index (χ1n) is 10.3. The van der Waals surface area contributed by atoms with Crippen LogP contribution in [0.4, 0.5) is 5.69 Å². The largest absolute Gasteiger partial charge is 0.545 e. The molecule has 0 aliphatic rings. The highest BCUT2D eigenvalue weighted by atomic mass is 35.5. The third-order valence-electron chi connectivity index (χ3n) is 4.15. The third-order valence-corrected chi connectivity index (χ3v) is 4.39. The number of aliphatic carboxylic acids is 2. The fourth-order valence-corrected chi connectivity index (χ4v) is 2.70. The maximum Gasteiger partial charge on any atom is 0.328 e. The molecule has 0 aliphatic carbocycles. The van der Waals surface area contributed by atoms with Gasteiger partial charge in [0, 0.05) is 28.9 Å². The lowest BCUT2D eigenvalue weighted by Crippen LogP contribution is -3.06. The van der Waals surface area contributed by atoms with Crippen LogP contribution in [-0.4, -0.2) is 62.7 Å². The minimum atomic E-state index is -1.51. The zero-order valence-electron chi connectivity index (χ0n) is 18.9. The molecule has 9 nitrogen and oxygen atoms in total. The van der Waals surface area contributed by atoms with Gasteiger partial charge in [-0.3, -0.25) is 9.59 Å². The lowest BCUT2D eigenvalue weighted by molar-refractivity contribution is -0.858. The number of halogens is 1. The second kappa shape index (κ2) is 15.2. The van der Waals surface area contributed by atoms with Crippen LogP contribution in [0.3, 0.4) is 0 Å². The molecule has 2 aromatic rings. The van der Waals surface area contributed by atoms with Crippen molar-refractivity contribution >= 4 is 41.1 Å². The molecule has 182 valence electrons. The van der Waals surface area contributed by atoms with E-state index in [0.29, 0.717) is 35.0 Å². The van der Waals surface area contributed by atoms with Crippen LogP contribution in [0.5, 0.6) is 0 Å². The Balaban J connectivity index is 0.000000620. The molecule has 0 atom stereocenters. The van der Waals surface area contributed by atoms with Crippen LogP contribution in [0.15, 0.2) is 66.7 Å². The monoisotopic (exact) mass is 490 g/mol.